The number of carbonyl (C=O) groups excluding carboxylic acids is 2. The molecule has 2 aromatic carbocycles. The van der Waals surface area contributed by atoms with Crippen molar-refractivity contribution in [3.8, 4) is 17.6 Å². The van der Waals surface area contributed by atoms with Gasteiger partial charge in [0.15, 0.2) is 11.5 Å². The number of amides is 1. The molecular weight excluding hydrogens is 386 g/mol. The normalized spacial score (nSPS) is 14.9. The quantitative estimate of drug-likeness (QED) is 0.412. The number of hydrogen-bond acceptors (Lipinski definition) is 7. The molecule has 0 aromatic heterocycles. The number of nitrogens with one attached hydrogen (secondary N) is 2. The minimum absolute atomic E-state index is 0.0957. The van der Waals surface area contributed by atoms with Gasteiger partial charge in [0.25, 0.3) is 5.91 Å². The molecule has 154 valence electrons. The van der Waals surface area contributed by atoms with E-state index in [2.05, 4.69) is 10.6 Å². The molecule has 0 spiro atoms. The lowest BCUT2D eigenvalue weighted by Gasteiger charge is -2.26. The molecule has 1 unspecified atom stereocenters. The van der Waals surface area contributed by atoms with Crippen LogP contribution in [0.25, 0.3) is 0 Å². The average molecular weight is 407 g/mol. The highest BCUT2D eigenvalue weighted by Gasteiger charge is 2.20. The second-order valence-corrected chi connectivity index (χ2v) is 6.33. The Balaban J connectivity index is 1.53. The Morgan fingerprint density at radius 3 is 2.63 bits per heavy atom. The minimum atomic E-state index is -0.569. The van der Waals surface area contributed by atoms with Crippen LogP contribution >= 0.6 is 0 Å². The Morgan fingerprint density at radius 1 is 1.20 bits per heavy atom. The van der Waals surface area contributed by atoms with E-state index in [9.17, 15) is 14.9 Å². The monoisotopic (exact) mass is 407 g/mol. The van der Waals surface area contributed by atoms with Gasteiger partial charge in [0.05, 0.1) is 18.7 Å². The molecule has 1 heterocycles. The largest absolute Gasteiger partial charge is 0.486 e. The first-order valence-corrected chi connectivity index (χ1v) is 9.41. The summed E-state index contributed by atoms with van der Waals surface area (Å²) in [5.74, 6) is 0.341. The van der Waals surface area contributed by atoms with Gasteiger partial charge >= 0.3 is 5.97 Å². The third kappa shape index (κ3) is 5.29. The molecule has 1 atom stereocenters. The molecule has 30 heavy (non-hydrogen) atoms. The first-order chi connectivity index (χ1) is 14.6. The standard InChI is InChI=1S/C22H21N3O5/c1-2-28-22(27)15-7-9-17(10-8-15)25-21(26)16(11-23)12-24-13-18-14-29-19-5-3-4-6-20(19)30-18/h3-10,12,18,24H,2,13-14H2,1H3,(H,25,26)/b16-12-. The van der Waals surface area contributed by atoms with Crippen molar-refractivity contribution < 1.29 is 23.8 Å². The van der Waals surface area contributed by atoms with Crippen LogP contribution in [0, 0.1) is 11.3 Å². The number of benzene rings is 2. The summed E-state index contributed by atoms with van der Waals surface area (Å²) in [7, 11) is 0. The summed E-state index contributed by atoms with van der Waals surface area (Å²) in [5, 5.41) is 14.8. The van der Waals surface area contributed by atoms with Crippen LogP contribution in [0.3, 0.4) is 0 Å². The molecule has 8 heteroatoms. The highest BCUT2D eigenvalue weighted by Crippen LogP contribution is 2.30. The summed E-state index contributed by atoms with van der Waals surface area (Å²) >= 11 is 0. The number of esters is 1. The van der Waals surface area contributed by atoms with Crippen LogP contribution in [-0.4, -0.2) is 37.7 Å². The Morgan fingerprint density at radius 2 is 1.93 bits per heavy atom. The van der Waals surface area contributed by atoms with Crippen molar-refractivity contribution in [2.45, 2.75) is 13.0 Å². The molecule has 0 saturated carbocycles. The Kier molecular flexibility index (Phi) is 6.90. The lowest BCUT2D eigenvalue weighted by molar-refractivity contribution is -0.112. The lowest BCUT2D eigenvalue weighted by atomic mass is 10.2. The van der Waals surface area contributed by atoms with Gasteiger partial charge in [-0.15, -0.1) is 0 Å². The molecule has 1 amide bonds. The average Bonchev–Trinajstić information content (AvgIpc) is 2.77. The molecule has 1 aliphatic rings. The van der Waals surface area contributed by atoms with Gasteiger partial charge in [0.2, 0.25) is 0 Å². The number of carbonyl (C=O) groups is 2. The topological polar surface area (TPSA) is 110 Å². The lowest BCUT2D eigenvalue weighted by Crippen LogP contribution is -2.37. The summed E-state index contributed by atoms with van der Waals surface area (Å²) < 4.78 is 16.4. The maximum Gasteiger partial charge on any atom is 0.338 e. The maximum absolute atomic E-state index is 12.3. The molecule has 0 bridgehead atoms. The highest BCUT2D eigenvalue weighted by molar-refractivity contribution is 6.06. The minimum Gasteiger partial charge on any atom is -0.486 e. The first-order valence-electron chi connectivity index (χ1n) is 9.41. The van der Waals surface area contributed by atoms with Gasteiger partial charge in [0, 0.05) is 11.9 Å². The Bertz CT molecular complexity index is 979. The van der Waals surface area contributed by atoms with E-state index >= 15 is 0 Å². The molecule has 1 aliphatic heterocycles. The second-order valence-electron chi connectivity index (χ2n) is 6.33. The van der Waals surface area contributed by atoms with E-state index in [4.69, 9.17) is 14.2 Å². The van der Waals surface area contributed by atoms with Gasteiger partial charge in [-0.1, -0.05) is 12.1 Å². The fraction of sp³-hybridized carbons (Fsp3) is 0.227. The Labute approximate surface area is 174 Å². The smallest absolute Gasteiger partial charge is 0.338 e. The number of rotatable bonds is 7. The Hall–Kier alpha value is -3.99. The fourth-order valence-electron chi connectivity index (χ4n) is 2.71. The van der Waals surface area contributed by atoms with E-state index in [1.54, 1.807) is 31.2 Å². The zero-order valence-electron chi connectivity index (χ0n) is 16.4. The summed E-state index contributed by atoms with van der Waals surface area (Å²) in [4.78, 5) is 24.0. The molecule has 0 aliphatic carbocycles. The molecule has 2 aromatic rings. The molecule has 2 N–H and O–H groups in total. The van der Waals surface area contributed by atoms with E-state index in [1.807, 2.05) is 30.3 Å². The SMILES string of the molecule is CCOC(=O)c1ccc(NC(=O)/C(C#N)=C\NCC2COc3ccccc3O2)cc1. The molecule has 8 nitrogen and oxygen atoms in total. The second kappa shape index (κ2) is 9.98. The molecule has 3 rings (SSSR count). The van der Waals surface area contributed by atoms with E-state index in [0.29, 0.717) is 35.9 Å². The number of fused-ring (bicyclic) bond motifs is 1. The number of nitriles is 1. The number of ether oxygens (including phenoxy) is 3. The van der Waals surface area contributed by atoms with Crippen molar-refractivity contribution >= 4 is 17.6 Å². The predicted molar refractivity (Wildman–Crippen MR) is 109 cm³/mol. The van der Waals surface area contributed by atoms with Crippen molar-refractivity contribution in [3.63, 3.8) is 0 Å². The number of para-hydroxylation sites is 2. The zero-order valence-corrected chi connectivity index (χ0v) is 16.4. The van der Waals surface area contributed by atoms with Crippen molar-refractivity contribution in [1.82, 2.24) is 5.32 Å². The molecule has 0 saturated heterocycles. The first kappa shape index (κ1) is 20.7. The molecule has 0 fully saturated rings. The van der Waals surface area contributed by atoms with E-state index in [-0.39, 0.29) is 18.3 Å². The van der Waals surface area contributed by atoms with Gasteiger partial charge in [-0.3, -0.25) is 4.79 Å². The van der Waals surface area contributed by atoms with Gasteiger partial charge in [-0.05, 0) is 43.3 Å². The number of hydrogen-bond donors (Lipinski definition) is 2. The predicted octanol–water partition coefficient (Wildman–Crippen LogP) is 2.64. The number of anilines is 1. The summed E-state index contributed by atoms with van der Waals surface area (Å²) in [6.07, 6.45) is 1.08. The fourth-order valence-corrected chi connectivity index (χ4v) is 2.71. The number of nitrogens with zero attached hydrogens (tertiary/aromatic N) is 1. The van der Waals surface area contributed by atoms with Crippen molar-refractivity contribution in [2.75, 3.05) is 25.1 Å². The van der Waals surface area contributed by atoms with Gasteiger partial charge in [0.1, 0.15) is 24.4 Å². The van der Waals surface area contributed by atoms with Crippen LogP contribution in [0.1, 0.15) is 17.3 Å². The summed E-state index contributed by atoms with van der Waals surface area (Å²) in [5.41, 5.74) is 0.736. The molecular formula is C22H21N3O5. The summed E-state index contributed by atoms with van der Waals surface area (Å²) in [6, 6.07) is 15.4. The van der Waals surface area contributed by atoms with E-state index in [0.717, 1.165) is 0 Å². The van der Waals surface area contributed by atoms with Crippen molar-refractivity contribution in [3.05, 3.63) is 65.9 Å². The van der Waals surface area contributed by atoms with Gasteiger partial charge < -0.3 is 24.8 Å². The van der Waals surface area contributed by atoms with Gasteiger partial charge in [-0.25, -0.2) is 4.79 Å². The van der Waals surface area contributed by atoms with Crippen LogP contribution in [0.2, 0.25) is 0 Å². The van der Waals surface area contributed by atoms with Crippen LogP contribution in [0.5, 0.6) is 11.5 Å². The third-order valence-electron chi connectivity index (χ3n) is 4.18. The summed E-state index contributed by atoms with van der Waals surface area (Å²) in [6.45, 7) is 2.73. The van der Waals surface area contributed by atoms with Crippen LogP contribution in [0.4, 0.5) is 5.69 Å². The molecule has 0 radical (unpaired) electrons. The van der Waals surface area contributed by atoms with Crippen LogP contribution < -0.4 is 20.1 Å². The third-order valence-corrected chi connectivity index (χ3v) is 4.18. The van der Waals surface area contributed by atoms with Crippen molar-refractivity contribution in [1.29, 1.82) is 5.26 Å². The zero-order chi connectivity index (χ0) is 21.3. The van der Waals surface area contributed by atoms with E-state index < -0.39 is 11.9 Å². The van der Waals surface area contributed by atoms with E-state index in [1.165, 1.54) is 6.20 Å². The van der Waals surface area contributed by atoms with Crippen molar-refractivity contribution in [2.24, 2.45) is 0 Å². The highest BCUT2D eigenvalue weighted by atomic mass is 16.6. The van der Waals surface area contributed by atoms with Crippen LogP contribution in [0.15, 0.2) is 60.3 Å². The van der Waals surface area contributed by atoms with Crippen LogP contribution in [-0.2, 0) is 9.53 Å². The maximum atomic E-state index is 12.3. The van der Waals surface area contributed by atoms with Gasteiger partial charge in [-0.2, -0.15) is 5.26 Å².